The SMILES string of the molecule is Cc1csc(CCNc2ccccc2C(N)=S)n1. The lowest BCUT2D eigenvalue weighted by Crippen LogP contribution is -2.14. The third-order valence-electron chi connectivity index (χ3n) is 2.51. The van der Waals surface area contributed by atoms with E-state index in [1.165, 1.54) is 0 Å². The molecule has 0 amide bonds. The minimum Gasteiger partial charge on any atom is -0.389 e. The summed E-state index contributed by atoms with van der Waals surface area (Å²) in [5.41, 5.74) is 8.64. The van der Waals surface area contributed by atoms with E-state index >= 15 is 0 Å². The first kappa shape index (κ1) is 13.0. The highest BCUT2D eigenvalue weighted by Gasteiger charge is 2.04. The van der Waals surface area contributed by atoms with Gasteiger partial charge in [0.05, 0.1) is 5.01 Å². The van der Waals surface area contributed by atoms with Crippen LogP contribution in [0.5, 0.6) is 0 Å². The molecule has 0 aliphatic carbocycles. The van der Waals surface area contributed by atoms with Crippen LogP contribution in [0.2, 0.25) is 0 Å². The molecule has 94 valence electrons. The van der Waals surface area contributed by atoms with Gasteiger partial charge in [-0.25, -0.2) is 4.98 Å². The number of nitrogens with zero attached hydrogens (tertiary/aromatic N) is 1. The quantitative estimate of drug-likeness (QED) is 0.825. The van der Waals surface area contributed by atoms with E-state index < -0.39 is 0 Å². The van der Waals surface area contributed by atoms with Gasteiger partial charge in [-0.3, -0.25) is 0 Å². The average Bonchev–Trinajstić information content (AvgIpc) is 2.75. The number of aromatic nitrogens is 1. The van der Waals surface area contributed by atoms with Crippen LogP contribution in [-0.2, 0) is 6.42 Å². The normalized spacial score (nSPS) is 10.3. The van der Waals surface area contributed by atoms with Gasteiger partial charge in [0, 0.05) is 35.3 Å². The molecule has 0 saturated heterocycles. The van der Waals surface area contributed by atoms with E-state index in [4.69, 9.17) is 18.0 Å². The molecule has 0 saturated carbocycles. The predicted molar refractivity (Wildman–Crippen MR) is 81.4 cm³/mol. The van der Waals surface area contributed by atoms with E-state index in [1.807, 2.05) is 31.2 Å². The van der Waals surface area contributed by atoms with Crippen LogP contribution < -0.4 is 11.1 Å². The van der Waals surface area contributed by atoms with Crippen molar-refractivity contribution in [3.8, 4) is 0 Å². The molecular weight excluding hydrogens is 262 g/mol. The van der Waals surface area contributed by atoms with Crippen LogP contribution in [0.3, 0.4) is 0 Å². The molecule has 0 spiro atoms. The molecule has 3 N–H and O–H groups in total. The number of nitrogens with one attached hydrogen (secondary N) is 1. The van der Waals surface area contributed by atoms with Crippen LogP contribution in [0.4, 0.5) is 5.69 Å². The van der Waals surface area contributed by atoms with Crippen LogP contribution in [0.15, 0.2) is 29.6 Å². The lowest BCUT2D eigenvalue weighted by atomic mass is 10.2. The molecular formula is C13H15N3S2. The number of nitrogens with two attached hydrogens (primary N) is 1. The predicted octanol–water partition coefficient (Wildman–Crippen LogP) is 2.74. The molecule has 0 bridgehead atoms. The number of anilines is 1. The maximum absolute atomic E-state index is 5.68. The molecule has 1 aromatic carbocycles. The van der Waals surface area contributed by atoms with E-state index in [2.05, 4.69) is 15.7 Å². The molecule has 0 radical (unpaired) electrons. The summed E-state index contributed by atoms with van der Waals surface area (Å²) >= 11 is 6.72. The Balaban J connectivity index is 1.96. The highest BCUT2D eigenvalue weighted by molar-refractivity contribution is 7.80. The van der Waals surface area contributed by atoms with Crippen molar-refractivity contribution in [3.63, 3.8) is 0 Å². The average molecular weight is 277 g/mol. The zero-order valence-electron chi connectivity index (χ0n) is 10.1. The molecule has 2 aromatic rings. The zero-order chi connectivity index (χ0) is 13.0. The number of thiazole rings is 1. The van der Waals surface area contributed by atoms with Crippen LogP contribution in [0.1, 0.15) is 16.3 Å². The van der Waals surface area contributed by atoms with Crippen molar-refractivity contribution in [1.29, 1.82) is 0 Å². The minimum atomic E-state index is 0.420. The number of aryl methyl sites for hydroxylation is 1. The topological polar surface area (TPSA) is 50.9 Å². The Bertz CT molecular complexity index is 549. The molecule has 0 unspecified atom stereocenters. The van der Waals surface area contributed by atoms with Gasteiger partial charge in [0.25, 0.3) is 0 Å². The van der Waals surface area contributed by atoms with Crippen molar-refractivity contribution in [1.82, 2.24) is 4.98 Å². The largest absolute Gasteiger partial charge is 0.389 e. The third-order valence-corrected chi connectivity index (χ3v) is 3.76. The monoisotopic (exact) mass is 277 g/mol. The van der Waals surface area contributed by atoms with Crippen molar-refractivity contribution in [2.24, 2.45) is 5.73 Å². The number of hydrogen-bond acceptors (Lipinski definition) is 4. The summed E-state index contributed by atoms with van der Waals surface area (Å²) in [5.74, 6) is 0. The number of rotatable bonds is 5. The highest BCUT2D eigenvalue weighted by atomic mass is 32.1. The van der Waals surface area contributed by atoms with Gasteiger partial charge in [-0.1, -0.05) is 24.4 Å². The van der Waals surface area contributed by atoms with Gasteiger partial charge in [-0.05, 0) is 19.1 Å². The maximum atomic E-state index is 5.68. The lowest BCUT2D eigenvalue weighted by Gasteiger charge is -2.10. The second-order valence-electron chi connectivity index (χ2n) is 3.97. The van der Waals surface area contributed by atoms with E-state index in [1.54, 1.807) is 11.3 Å². The van der Waals surface area contributed by atoms with Gasteiger partial charge < -0.3 is 11.1 Å². The van der Waals surface area contributed by atoms with Gasteiger partial charge in [-0.15, -0.1) is 11.3 Å². The van der Waals surface area contributed by atoms with Crippen LogP contribution >= 0.6 is 23.6 Å². The Morgan fingerprint density at radius 1 is 1.44 bits per heavy atom. The molecule has 2 rings (SSSR count). The second kappa shape index (κ2) is 5.93. The number of thiocarbonyl (C=S) groups is 1. The van der Waals surface area contributed by atoms with Crippen LogP contribution in [0.25, 0.3) is 0 Å². The standard InChI is InChI=1S/C13H15N3S2/c1-9-8-18-12(16-9)6-7-15-11-5-3-2-4-10(11)13(14)17/h2-5,8,15H,6-7H2,1H3,(H2,14,17). The van der Waals surface area contributed by atoms with Crippen LogP contribution in [-0.4, -0.2) is 16.5 Å². The Morgan fingerprint density at radius 2 is 2.22 bits per heavy atom. The first-order chi connectivity index (χ1) is 8.66. The summed E-state index contributed by atoms with van der Waals surface area (Å²) in [6.07, 6.45) is 0.907. The van der Waals surface area contributed by atoms with Crippen molar-refractivity contribution < 1.29 is 0 Å². The smallest absolute Gasteiger partial charge is 0.106 e. The molecule has 0 aliphatic heterocycles. The molecule has 18 heavy (non-hydrogen) atoms. The van der Waals surface area contributed by atoms with Gasteiger partial charge >= 0.3 is 0 Å². The van der Waals surface area contributed by atoms with Crippen molar-refractivity contribution in [2.45, 2.75) is 13.3 Å². The molecule has 1 heterocycles. The number of benzene rings is 1. The summed E-state index contributed by atoms with van der Waals surface area (Å²) in [6, 6.07) is 7.82. The van der Waals surface area contributed by atoms with E-state index in [9.17, 15) is 0 Å². The Morgan fingerprint density at radius 3 is 2.89 bits per heavy atom. The Hall–Kier alpha value is -1.46. The second-order valence-corrected chi connectivity index (χ2v) is 5.35. The fraction of sp³-hybridized carbons (Fsp3) is 0.231. The van der Waals surface area contributed by atoms with Crippen LogP contribution in [0, 0.1) is 6.92 Å². The first-order valence-corrected chi connectivity index (χ1v) is 6.99. The molecule has 0 aliphatic rings. The van der Waals surface area contributed by atoms with Gasteiger partial charge in [0.2, 0.25) is 0 Å². The van der Waals surface area contributed by atoms with Gasteiger partial charge in [0.1, 0.15) is 4.99 Å². The molecule has 0 fully saturated rings. The van der Waals surface area contributed by atoms with E-state index in [0.29, 0.717) is 4.99 Å². The van der Waals surface area contributed by atoms with E-state index in [0.717, 1.165) is 34.9 Å². The number of hydrogen-bond donors (Lipinski definition) is 2. The van der Waals surface area contributed by atoms with Gasteiger partial charge in [-0.2, -0.15) is 0 Å². The summed E-state index contributed by atoms with van der Waals surface area (Å²) in [6.45, 7) is 2.84. The number of para-hydroxylation sites is 1. The van der Waals surface area contributed by atoms with Crippen molar-refractivity contribution >= 4 is 34.2 Å². The molecule has 0 atom stereocenters. The van der Waals surface area contributed by atoms with Crippen molar-refractivity contribution in [2.75, 3.05) is 11.9 Å². The summed E-state index contributed by atoms with van der Waals surface area (Å²) in [5, 5.41) is 6.57. The fourth-order valence-electron chi connectivity index (χ4n) is 1.67. The fourth-order valence-corrected chi connectivity index (χ4v) is 2.63. The highest BCUT2D eigenvalue weighted by Crippen LogP contribution is 2.15. The summed E-state index contributed by atoms with van der Waals surface area (Å²) in [7, 11) is 0. The van der Waals surface area contributed by atoms with Crippen molar-refractivity contribution in [3.05, 3.63) is 45.9 Å². The van der Waals surface area contributed by atoms with E-state index in [-0.39, 0.29) is 0 Å². The Labute approximate surface area is 116 Å². The molecule has 1 aromatic heterocycles. The lowest BCUT2D eigenvalue weighted by molar-refractivity contribution is 0.986. The van der Waals surface area contributed by atoms with Gasteiger partial charge in [0.15, 0.2) is 0 Å². The Kier molecular flexibility index (Phi) is 4.28. The summed E-state index contributed by atoms with van der Waals surface area (Å²) in [4.78, 5) is 4.85. The third kappa shape index (κ3) is 3.27. The maximum Gasteiger partial charge on any atom is 0.106 e. The first-order valence-electron chi connectivity index (χ1n) is 5.70. The zero-order valence-corrected chi connectivity index (χ0v) is 11.8. The summed E-state index contributed by atoms with van der Waals surface area (Å²) < 4.78 is 0. The molecule has 5 heteroatoms. The molecule has 3 nitrogen and oxygen atoms in total. The minimum absolute atomic E-state index is 0.420.